The van der Waals surface area contributed by atoms with Gasteiger partial charge in [0.05, 0.1) is 17.3 Å². The molecule has 0 aliphatic rings. The molecule has 3 nitrogen and oxygen atoms in total. The Morgan fingerprint density at radius 1 is 1.00 bits per heavy atom. The van der Waals surface area contributed by atoms with Crippen LogP contribution in [0.15, 0.2) is 54.7 Å². The molecule has 0 aliphatic heterocycles. The van der Waals surface area contributed by atoms with Gasteiger partial charge in [-0.25, -0.2) is 8.78 Å². The second kappa shape index (κ2) is 7.63. The first-order valence-electron chi connectivity index (χ1n) is 7.90. The Balaban J connectivity index is 1.89. The van der Waals surface area contributed by atoms with Crippen LogP contribution in [-0.4, -0.2) is 10.5 Å². The van der Waals surface area contributed by atoms with Crippen molar-refractivity contribution in [2.24, 2.45) is 0 Å². The number of halogens is 6. The van der Waals surface area contributed by atoms with Gasteiger partial charge >= 0.3 is 6.18 Å². The van der Waals surface area contributed by atoms with Crippen LogP contribution in [0.25, 0.3) is 11.3 Å². The molecule has 0 unspecified atom stereocenters. The standard InChI is InChI=1S/C19H12ClF5N2O/c20-10-27-9-8-13(19(23,24)25)17(27)11-4-6-12(7-5-11)26-18(28)16-14(21)2-1-3-15(16)22/h1-9H,10H2,(H,26,28). The Bertz CT molecular complexity index is 992. The van der Waals surface area contributed by atoms with Crippen molar-refractivity contribution >= 4 is 23.2 Å². The summed E-state index contributed by atoms with van der Waals surface area (Å²) in [5, 5.41) is 2.31. The zero-order chi connectivity index (χ0) is 20.5. The zero-order valence-electron chi connectivity index (χ0n) is 14.0. The normalized spacial score (nSPS) is 11.5. The monoisotopic (exact) mass is 414 g/mol. The lowest BCUT2D eigenvalue weighted by Gasteiger charge is -2.13. The van der Waals surface area contributed by atoms with Crippen molar-refractivity contribution < 1.29 is 26.7 Å². The van der Waals surface area contributed by atoms with Gasteiger partial charge in [-0.3, -0.25) is 4.79 Å². The third-order valence-corrected chi connectivity index (χ3v) is 4.26. The van der Waals surface area contributed by atoms with Crippen molar-refractivity contribution in [1.29, 1.82) is 0 Å². The van der Waals surface area contributed by atoms with Crippen molar-refractivity contribution in [2.75, 3.05) is 5.32 Å². The van der Waals surface area contributed by atoms with Crippen molar-refractivity contribution in [1.82, 2.24) is 4.57 Å². The van der Waals surface area contributed by atoms with Crippen LogP contribution in [0.3, 0.4) is 0 Å². The van der Waals surface area contributed by atoms with Crippen molar-refractivity contribution in [3.8, 4) is 11.3 Å². The predicted octanol–water partition coefficient (Wildman–Crippen LogP) is 5.90. The summed E-state index contributed by atoms with van der Waals surface area (Å²) in [6.07, 6.45) is -3.34. The van der Waals surface area contributed by atoms with E-state index in [4.69, 9.17) is 11.6 Å². The number of rotatable bonds is 4. The molecule has 3 rings (SSSR count). The molecule has 1 aromatic heterocycles. The molecule has 1 amide bonds. The average Bonchev–Trinajstić information content (AvgIpc) is 3.06. The highest BCUT2D eigenvalue weighted by molar-refractivity contribution is 6.15. The number of hydrogen-bond acceptors (Lipinski definition) is 1. The van der Waals surface area contributed by atoms with Crippen LogP contribution in [0.4, 0.5) is 27.6 Å². The average molecular weight is 415 g/mol. The van der Waals surface area contributed by atoms with E-state index in [0.717, 1.165) is 24.3 Å². The fourth-order valence-corrected chi connectivity index (χ4v) is 2.94. The highest BCUT2D eigenvalue weighted by Gasteiger charge is 2.35. The first-order valence-corrected chi connectivity index (χ1v) is 8.44. The molecule has 146 valence electrons. The highest BCUT2D eigenvalue weighted by Crippen LogP contribution is 2.38. The first-order chi connectivity index (χ1) is 13.2. The summed E-state index contributed by atoms with van der Waals surface area (Å²) in [5.41, 5.74) is -1.34. The van der Waals surface area contributed by atoms with Crippen LogP contribution < -0.4 is 5.32 Å². The van der Waals surface area contributed by atoms with E-state index in [1.165, 1.54) is 35.0 Å². The lowest BCUT2D eigenvalue weighted by molar-refractivity contribution is -0.137. The second-order valence-corrected chi connectivity index (χ2v) is 6.03. The van der Waals surface area contributed by atoms with Gasteiger partial charge in [0.15, 0.2) is 0 Å². The summed E-state index contributed by atoms with van der Waals surface area (Å²) in [4.78, 5) is 12.1. The third-order valence-electron chi connectivity index (χ3n) is 4.00. The summed E-state index contributed by atoms with van der Waals surface area (Å²) in [6, 6.07) is 9.11. The Labute approximate surface area is 161 Å². The fraction of sp³-hybridized carbons (Fsp3) is 0.105. The lowest BCUT2D eigenvalue weighted by Crippen LogP contribution is -2.15. The summed E-state index contributed by atoms with van der Waals surface area (Å²) < 4.78 is 68.2. The van der Waals surface area contributed by atoms with Gasteiger partial charge in [0.2, 0.25) is 0 Å². The Hall–Kier alpha value is -2.87. The molecule has 0 aliphatic carbocycles. The number of benzene rings is 2. The highest BCUT2D eigenvalue weighted by atomic mass is 35.5. The van der Waals surface area contributed by atoms with E-state index in [-0.39, 0.29) is 22.9 Å². The van der Waals surface area contributed by atoms with E-state index >= 15 is 0 Å². The molecule has 0 spiro atoms. The maximum atomic E-state index is 13.7. The van der Waals surface area contributed by atoms with Gasteiger partial charge in [0, 0.05) is 11.9 Å². The van der Waals surface area contributed by atoms with E-state index in [2.05, 4.69) is 5.32 Å². The summed E-state index contributed by atoms with van der Waals surface area (Å²) in [7, 11) is 0. The number of nitrogens with one attached hydrogen (secondary N) is 1. The fourth-order valence-electron chi connectivity index (χ4n) is 2.74. The number of carbonyl (C=O) groups excluding carboxylic acids is 1. The maximum absolute atomic E-state index is 13.7. The summed E-state index contributed by atoms with van der Waals surface area (Å²) in [5.74, 6) is -3.06. The molecule has 0 saturated carbocycles. The minimum Gasteiger partial charge on any atom is -0.333 e. The molecule has 1 heterocycles. The van der Waals surface area contributed by atoms with Crippen LogP contribution in [0.5, 0.6) is 0 Å². The van der Waals surface area contributed by atoms with Crippen molar-refractivity contribution in [3.63, 3.8) is 0 Å². The van der Waals surface area contributed by atoms with Crippen LogP contribution in [0.1, 0.15) is 15.9 Å². The molecule has 0 bridgehead atoms. The molecule has 1 N–H and O–H groups in total. The van der Waals surface area contributed by atoms with Gasteiger partial charge in [-0.2, -0.15) is 13.2 Å². The van der Waals surface area contributed by atoms with Crippen LogP contribution in [-0.2, 0) is 12.2 Å². The van der Waals surface area contributed by atoms with Gasteiger partial charge in [0.25, 0.3) is 5.91 Å². The van der Waals surface area contributed by atoms with Gasteiger partial charge in [-0.05, 0) is 35.9 Å². The summed E-state index contributed by atoms with van der Waals surface area (Å²) >= 11 is 5.71. The Kier molecular flexibility index (Phi) is 5.42. The smallest absolute Gasteiger partial charge is 0.333 e. The quantitative estimate of drug-likeness (QED) is 0.418. The molecule has 3 aromatic rings. The number of alkyl halides is 4. The summed E-state index contributed by atoms with van der Waals surface area (Å²) in [6.45, 7) is 0. The minimum atomic E-state index is -4.57. The van der Waals surface area contributed by atoms with E-state index < -0.39 is 34.8 Å². The maximum Gasteiger partial charge on any atom is 0.418 e. The minimum absolute atomic E-state index is 0.125. The van der Waals surface area contributed by atoms with Crippen LogP contribution >= 0.6 is 11.6 Å². The zero-order valence-corrected chi connectivity index (χ0v) is 14.8. The second-order valence-electron chi connectivity index (χ2n) is 5.79. The van der Waals surface area contributed by atoms with E-state index in [0.29, 0.717) is 0 Å². The van der Waals surface area contributed by atoms with Crippen LogP contribution in [0, 0.1) is 11.6 Å². The van der Waals surface area contributed by atoms with E-state index in [1.807, 2.05) is 0 Å². The van der Waals surface area contributed by atoms with Crippen molar-refractivity contribution in [2.45, 2.75) is 12.2 Å². The molecule has 2 aromatic carbocycles. The predicted molar refractivity (Wildman–Crippen MR) is 95.0 cm³/mol. The topological polar surface area (TPSA) is 34.0 Å². The molecule has 0 atom stereocenters. The van der Waals surface area contributed by atoms with E-state index in [9.17, 15) is 26.7 Å². The van der Waals surface area contributed by atoms with E-state index in [1.54, 1.807) is 0 Å². The number of hydrogen-bond donors (Lipinski definition) is 1. The van der Waals surface area contributed by atoms with Gasteiger partial charge in [0.1, 0.15) is 17.2 Å². The number of amides is 1. The van der Waals surface area contributed by atoms with Gasteiger partial charge in [-0.15, -0.1) is 11.6 Å². The molecular weight excluding hydrogens is 403 g/mol. The molecular formula is C19H12ClF5N2O. The molecule has 28 heavy (non-hydrogen) atoms. The Morgan fingerprint density at radius 3 is 2.14 bits per heavy atom. The largest absolute Gasteiger partial charge is 0.418 e. The molecule has 0 fully saturated rings. The molecule has 9 heteroatoms. The molecule has 0 saturated heterocycles. The van der Waals surface area contributed by atoms with Crippen LogP contribution in [0.2, 0.25) is 0 Å². The van der Waals surface area contributed by atoms with Gasteiger partial charge in [-0.1, -0.05) is 18.2 Å². The van der Waals surface area contributed by atoms with Crippen molar-refractivity contribution in [3.05, 3.63) is 77.5 Å². The SMILES string of the molecule is O=C(Nc1ccc(-c2c(C(F)(F)F)ccn2CCl)cc1)c1c(F)cccc1F. The van der Waals surface area contributed by atoms with Gasteiger partial charge < -0.3 is 9.88 Å². The number of nitrogens with zero attached hydrogens (tertiary/aromatic N) is 1. The Morgan fingerprint density at radius 2 is 1.61 bits per heavy atom. The number of anilines is 1. The number of carbonyl (C=O) groups is 1. The first kappa shape index (κ1) is 19.9. The number of aromatic nitrogens is 1. The molecule has 0 radical (unpaired) electrons. The lowest BCUT2D eigenvalue weighted by atomic mass is 10.1. The third kappa shape index (κ3) is 3.87.